The first-order chi connectivity index (χ1) is 10.2. The summed E-state index contributed by atoms with van der Waals surface area (Å²) in [4.78, 5) is 13.5. The lowest BCUT2D eigenvalue weighted by atomic mass is 10.4. The molecule has 0 fully saturated rings. The third-order valence-corrected chi connectivity index (χ3v) is 4.14. The normalized spacial score (nSPS) is 11.2. The fourth-order valence-electron chi connectivity index (χ4n) is 2.05. The van der Waals surface area contributed by atoms with E-state index in [0.29, 0.717) is 5.75 Å². The Morgan fingerprint density at radius 2 is 2.14 bits per heavy atom. The maximum absolute atomic E-state index is 4.60. The van der Waals surface area contributed by atoms with E-state index in [9.17, 15) is 0 Å². The van der Waals surface area contributed by atoms with Gasteiger partial charge in [-0.1, -0.05) is 11.8 Å². The van der Waals surface area contributed by atoms with Crippen molar-refractivity contribution in [2.75, 3.05) is 11.9 Å². The van der Waals surface area contributed by atoms with Crippen molar-refractivity contribution in [2.24, 2.45) is 14.1 Å². The van der Waals surface area contributed by atoms with Gasteiger partial charge in [-0.15, -0.1) is 0 Å². The number of thioether (sulfide) groups is 1. The lowest BCUT2D eigenvalue weighted by molar-refractivity contribution is 0.780. The summed E-state index contributed by atoms with van der Waals surface area (Å²) < 4.78 is 3.76. The minimum absolute atomic E-state index is 0.671. The number of aromatic nitrogens is 6. The average molecular weight is 303 g/mol. The molecule has 3 rings (SSSR count). The molecule has 21 heavy (non-hydrogen) atoms. The molecule has 3 aromatic heterocycles. The highest BCUT2D eigenvalue weighted by atomic mass is 32.2. The Bertz CT molecular complexity index is 761. The Kier molecular flexibility index (Phi) is 3.78. The molecule has 0 saturated carbocycles. The minimum atomic E-state index is 0.671. The Labute approximate surface area is 126 Å². The third kappa shape index (κ3) is 2.71. The van der Waals surface area contributed by atoms with E-state index in [0.717, 1.165) is 34.4 Å². The topological polar surface area (TPSA) is 73.5 Å². The van der Waals surface area contributed by atoms with Crippen molar-refractivity contribution in [3.05, 3.63) is 24.4 Å². The molecule has 0 aliphatic carbocycles. The van der Waals surface area contributed by atoms with Gasteiger partial charge < -0.3 is 9.88 Å². The highest BCUT2D eigenvalue weighted by Gasteiger charge is 2.12. The van der Waals surface area contributed by atoms with Crippen LogP contribution in [-0.2, 0) is 19.8 Å². The second-order valence-corrected chi connectivity index (χ2v) is 5.58. The lowest BCUT2D eigenvalue weighted by Gasteiger charge is -2.07. The molecule has 110 valence electrons. The molecule has 0 aliphatic heterocycles. The van der Waals surface area contributed by atoms with Crippen LogP contribution in [-0.4, -0.2) is 35.8 Å². The van der Waals surface area contributed by atoms with E-state index in [-0.39, 0.29) is 0 Å². The number of rotatable bonds is 5. The lowest BCUT2D eigenvalue weighted by Crippen LogP contribution is -2.05. The van der Waals surface area contributed by atoms with Gasteiger partial charge in [0.05, 0.1) is 17.3 Å². The summed E-state index contributed by atoms with van der Waals surface area (Å²) in [6, 6.07) is 0. The number of imidazole rings is 1. The maximum atomic E-state index is 4.60. The zero-order valence-corrected chi connectivity index (χ0v) is 13.1. The van der Waals surface area contributed by atoms with Gasteiger partial charge in [-0.25, -0.2) is 15.0 Å². The fourth-order valence-corrected chi connectivity index (χ4v) is 2.84. The third-order valence-electron chi connectivity index (χ3n) is 3.09. The van der Waals surface area contributed by atoms with Crippen molar-refractivity contribution < 1.29 is 0 Å². The average Bonchev–Trinajstić information content (AvgIpc) is 3.04. The molecule has 3 heterocycles. The quantitative estimate of drug-likeness (QED) is 0.725. The van der Waals surface area contributed by atoms with Crippen LogP contribution in [0.3, 0.4) is 0 Å². The maximum Gasteiger partial charge on any atom is 0.168 e. The molecule has 0 bridgehead atoms. The number of anilines is 1. The standard InChI is InChI=1S/C13H17N7S/c1-4-14-11-9-7-16-20(3)12(9)18-10(17-11)8-21-13-15-5-6-19(13)2/h5-7H,4,8H2,1-3H3,(H,14,17,18). The second kappa shape index (κ2) is 5.72. The van der Waals surface area contributed by atoms with E-state index in [2.05, 4.69) is 25.4 Å². The number of hydrogen-bond donors (Lipinski definition) is 1. The number of hydrogen-bond acceptors (Lipinski definition) is 6. The first-order valence-corrected chi connectivity index (χ1v) is 7.70. The van der Waals surface area contributed by atoms with E-state index in [1.807, 2.05) is 31.8 Å². The number of nitrogens with one attached hydrogen (secondary N) is 1. The molecule has 0 atom stereocenters. The molecule has 0 aromatic carbocycles. The highest BCUT2D eigenvalue weighted by Crippen LogP contribution is 2.23. The van der Waals surface area contributed by atoms with Gasteiger partial charge in [0.15, 0.2) is 10.8 Å². The molecular weight excluding hydrogens is 286 g/mol. The Morgan fingerprint density at radius 1 is 1.29 bits per heavy atom. The first-order valence-electron chi connectivity index (χ1n) is 6.71. The molecule has 3 aromatic rings. The van der Waals surface area contributed by atoms with Crippen LogP contribution < -0.4 is 5.32 Å². The van der Waals surface area contributed by atoms with Crippen molar-refractivity contribution in [1.82, 2.24) is 29.3 Å². The summed E-state index contributed by atoms with van der Waals surface area (Å²) in [6.45, 7) is 2.86. The smallest absolute Gasteiger partial charge is 0.168 e. The molecule has 7 nitrogen and oxygen atoms in total. The molecular formula is C13H17N7S. The fraction of sp³-hybridized carbons (Fsp3) is 0.385. The highest BCUT2D eigenvalue weighted by molar-refractivity contribution is 7.98. The molecule has 0 amide bonds. The summed E-state index contributed by atoms with van der Waals surface area (Å²) in [5.74, 6) is 2.28. The zero-order chi connectivity index (χ0) is 14.8. The molecule has 0 radical (unpaired) electrons. The van der Waals surface area contributed by atoms with Gasteiger partial charge >= 0.3 is 0 Å². The van der Waals surface area contributed by atoms with Crippen LogP contribution in [0.15, 0.2) is 23.7 Å². The van der Waals surface area contributed by atoms with Crippen LogP contribution in [0, 0.1) is 0 Å². The molecule has 0 aliphatic rings. The van der Waals surface area contributed by atoms with Gasteiger partial charge in [0.1, 0.15) is 11.6 Å². The van der Waals surface area contributed by atoms with Crippen molar-refractivity contribution in [1.29, 1.82) is 0 Å². The van der Waals surface area contributed by atoms with Gasteiger partial charge in [0.2, 0.25) is 0 Å². The SMILES string of the molecule is CCNc1nc(CSc2nccn2C)nc2c1cnn2C. The first kappa shape index (κ1) is 13.9. The zero-order valence-electron chi connectivity index (χ0n) is 12.2. The van der Waals surface area contributed by atoms with Crippen LogP contribution in [0.5, 0.6) is 0 Å². The van der Waals surface area contributed by atoms with E-state index in [1.54, 1.807) is 28.8 Å². The number of fused-ring (bicyclic) bond motifs is 1. The minimum Gasteiger partial charge on any atom is -0.370 e. The van der Waals surface area contributed by atoms with Crippen molar-refractivity contribution in [3.63, 3.8) is 0 Å². The van der Waals surface area contributed by atoms with E-state index < -0.39 is 0 Å². The predicted molar refractivity (Wildman–Crippen MR) is 83.2 cm³/mol. The van der Waals surface area contributed by atoms with Crippen molar-refractivity contribution in [3.8, 4) is 0 Å². The van der Waals surface area contributed by atoms with E-state index >= 15 is 0 Å². The van der Waals surface area contributed by atoms with Gasteiger partial charge in [-0.2, -0.15) is 5.10 Å². The van der Waals surface area contributed by atoms with Crippen LogP contribution in [0.4, 0.5) is 5.82 Å². The van der Waals surface area contributed by atoms with Crippen molar-refractivity contribution in [2.45, 2.75) is 17.8 Å². The van der Waals surface area contributed by atoms with Crippen LogP contribution in [0.25, 0.3) is 11.0 Å². The molecule has 0 spiro atoms. The summed E-state index contributed by atoms with van der Waals surface area (Å²) in [5.41, 5.74) is 0.844. The summed E-state index contributed by atoms with van der Waals surface area (Å²) in [6.07, 6.45) is 5.51. The second-order valence-electron chi connectivity index (χ2n) is 4.63. The van der Waals surface area contributed by atoms with E-state index in [1.165, 1.54) is 0 Å². The predicted octanol–water partition coefficient (Wildman–Crippen LogP) is 1.82. The van der Waals surface area contributed by atoms with Gasteiger partial charge in [0, 0.05) is 33.0 Å². The van der Waals surface area contributed by atoms with Gasteiger partial charge in [-0.3, -0.25) is 4.68 Å². The Morgan fingerprint density at radius 3 is 2.86 bits per heavy atom. The number of aryl methyl sites for hydroxylation is 2. The van der Waals surface area contributed by atoms with E-state index in [4.69, 9.17) is 0 Å². The molecule has 8 heteroatoms. The summed E-state index contributed by atoms with van der Waals surface area (Å²) >= 11 is 1.62. The Balaban J connectivity index is 1.91. The number of nitrogens with zero attached hydrogens (tertiary/aromatic N) is 6. The van der Waals surface area contributed by atoms with Crippen molar-refractivity contribution >= 4 is 28.6 Å². The van der Waals surface area contributed by atoms with Gasteiger partial charge in [0.25, 0.3) is 0 Å². The van der Waals surface area contributed by atoms with Crippen LogP contribution in [0.1, 0.15) is 12.7 Å². The van der Waals surface area contributed by atoms with Gasteiger partial charge in [-0.05, 0) is 6.92 Å². The Hall–Kier alpha value is -2.09. The summed E-state index contributed by atoms with van der Waals surface area (Å²) in [7, 11) is 3.87. The molecule has 0 unspecified atom stereocenters. The molecule has 1 N–H and O–H groups in total. The largest absolute Gasteiger partial charge is 0.370 e. The van der Waals surface area contributed by atoms with Crippen LogP contribution in [0.2, 0.25) is 0 Å². The summed E-state index contributed by atoms with van der Waals surface area (Å²) in [5, 5.41) is 9.43. The monoisotopic (exact) mass is 303 g/mol. The molecule has 0 saturated heterocycles. The van der Waals surface area contributed by atoms with Crippen LogP contribution >= 0.6 is 11.8 Å².